The van der Waals surface area contributed by atoms with Crippen LogP contribution in [0.4, 0.5) is 11.6 Å². The van der Waals surface area contributed by atoms with Crippen molar-refractivity contribution in [3.8, 4) is 22.8 Å². The zero-order chi connectivity index (χ0) is 32.4. The maximum absolute atomic E-state index is 6.38. The van der Waals surface area contributed by atoms with Crippen LogP contribution in [0, 0.1) is 0 Å². The highest BCUT2D eigenvalue weighted by Gasteiger charge is 2.20. The van der Waals surface area contributed by atoms with Crippen LogP contribution in [-0.2, 0) is 9.47 Å². The molecule has 1 saturated carbocycles. The Morgan fingerprint density at radius 2 is 1.93 bits per heavy atom. The molecule has 2 fully saturated rings. The Hall–Kier alpha value is -3.78. The Bertz CT molecular complexity index is 1350. The first-order chi connectivity index (χ1) is 22.6. The van der Waals surface area contributed by atoms with Crippen LogP contribution in [0.3, 0.4) is 0 Å². The van der Waals surface area contributed by atoms with Crippen molar-refractivity contribution < 1.29 is 18.9 Å². The van der Waals surface area contributed by atoms with Crippen molar-refractivity contribution in [2.24, 2.45) is 15.7 Å². The summed E-state index contributed by atoms with van der Waals surface area (Å²) in [5.41, 5.74) is 7.63. The molecule has 4 N–H and O–H groups in total. The van der Waals surface area contributed by atoms with E-state index in [9.17, 15) is 0 Å². The van der Waals surface area contributed by atoms with E-state index < -0.39 is 0 Å². The molecule has 5 rings (SSSR count). The molecule has 1 aliphatic heterocycles. The first kappa shape index (κ1) is 35.1. The summed E-state index contributed by atoms with van der Waals surface area (Å²) in [6, 6.07) is 5.93. The van der Waals surface area contributed by atoms with Gasteiger partial charge in [-0.15, -0.1) is 5.10 Å². The number of aromatic nitrogens is 4. The van der Waals surface area contributed by atoms with Gasteiger partial charge in [0.25, 0.3) is 5.88 Å². The summed E-state index contributed by atoms with van der Waals surface area (Å²) in [6.45, 7) is 9.67. The molecule has 1 aromatic carbocycles. The van der Waals surface area contributed by atoms with E-state index in [4.69, 9.17) is 41.4 Å². The Morgan fingerprint density at radius 3 is 2.61 bits per heavy atom. The molecule has 2 aromatic heterocycles. The van der Waals surface area contributed by atoms with Crippen molar-refractivity contribution in [2.45, 2.75) is 58.1 Å². The second kappa shape index (κ2) is 19.7. The molecule has 2 aliphatic rings. The zero-order valence-electron chi connectivity index (χ0n) is 26.7. The van der Waals surface area contributed by atoms with Gasteiger partial charge in [0.05, 0.1) is 50.0 Å². The lowest BCUT2D eigenvalue weighted by Crippen LogP contribution is -2.30. The summed E-state index contributed by atoms with van der Waals surface area (Å²) in [7, 11) is 0. The number of nitrogens with zero attached hydrogens (tertiary/aromatic N) is 6. The number of ether oxygens (including phenoxy) is 4. The van der Waals surface area contributed by atoms with Crippen LogP contribution in [0.1, 0.15) is 52.0 Å². The van der Waals surface area contributed by atoms with Crippen LogP contribution in [0.25, 0.3) is 11.1 Å². The van der Waals surface area contributed by atoms with Crippen molar-refractivity contribution in [2.75, 3.05) is 58.0 Å². The predicted molar refractivity (Wildman–Crippen MR) is 182 cm³/mol. The van der Waals surface area contributed by atoms with Crippen molar-refractivity contribution in [1.29, 1.82) is 0 Å². The number of nitrogens with one attached hydrogen (secondary N) is 2. The summed E-state index contributed by atoms with van der Waals surface area (Å²) in [5.74, 6) is 1.51. The number of morpholine rings is 1. The van der Waals surface area contributed by atoms with E-state index in [1.165, 1.54) is 31.9 Å². The molecule has 13 nitrogen and oxygen atoms in total. The third-order valence-corrected chi connectivity index (χ3v) is 7.56. The fourth-order valence-corrected chi connectivity index (χ4v) is 5.09. The summed E-state index contributed by atoms with van der Waals surface area (Å²) in [5, 5.41) is 11.7. The highest BCUT2D eigenvalue weighted by molar-refractivity contribution is 6.32. The van der Waals surface area contributed by atoms with Gasteiger partial charge >= 0.3 is 0 Å². The maximum Gasteiger partial charge on any atom is 0.257 e. The third-order valence-electron chi connectivity index (χ3n) is 7.25. The molecule has 0 unspecified atom stereocenters. The minimum Gasteiger partial charge on any atom is -0.487 e. The van der Waals surface area contributed by atoms with Gasteiger partial charge in [-0.05, 0) is 44.4 Å². The van der Waals surface area contributed by atoms with Crippen molar-refractivity contribution in [3.63, 3.8) is 0 Å². The molecule has 1 aliphatic carbocycles. The lowest BCUT2D eigenvalue weighted by molar-refractivity contribution is 0.108. The van der Waals surface area contributed by atoms with E-state index in [0.29, 0.717) is 55.0 Å². The van der Waals surface area contributed by atoms with Crippen molar-refractivity contribution in [3.05, 3.63) is 41.8 Å². The van der Waals surface area contributed by atoms with Gasteiger partial charge in [-0.3, -0.25) is 9.67 Å². The third kappa shape index (κ3) is 11.5. The minimum atomic E-state index is -0.209. The average Bonchev–Trinajstić information content (AvgIpc) is 3.50. The molecule has 1 atom stereocenters. The van der Waals surface area contributed by atoms with Gasteiger partial charge in [-0.2, -0.15) is 0 Å². The number of hydrogen-bond donors (Lipinski definition) is 3. The average molecular weight is 656 g/mol. The van der Waals surface area contributed by atoms with Crippen LogP contribution < -0.4 is 25.8 Å². The molecule has 14 heteroatoms. The zero-order valence-corrected chi connectivity index (χ0v) is 27.5. The summed E-state index contributed by atoms with van der Waals surface area (Å²) in [4.78, 5) is 17.0. The van der Waals surface area contributed by atoms with E-state index in [2.05, 4.69) is 30.6 Å². The molecular weight excluding hydrogens is 610 g/mol. The van der Waals surface area contributed by atoms with Crippen LogP contribution in [-0.4, -0.2) is 91.2 Å². The van der Waals surface area contributed by atoms with Gasteiger partial charge in [0, 0.05) is 37.7 Å². The lowest BCUT2D eigenvalue weighted by Gasteiger charge is -2.21. The van der Waals surface area contributed by atoms with Crippen LogP contribution in [0.15, 0.2) is 46.8 Å². The molecule has 3 aromatic rings. The first-order valence-corrected chi connectivity index (χ1v) is 16.3. The largest absolute Gasteiger partial charge is 0.487 e. The van der Waals surface area contributed by atoms with Crippen LogP contribution >= 0.6 is 11.6 Å². The number of anilines is 2. The Kier molecular flexibility index (Phi) is 15.0. The standard InChI is InChI=1S/C28H37ClN8O3.C4H9NO/c1-3-38-11-12-39-27-25(17-37(36-27)23-7-5-4-6-8-23)35-28-33-15-22(16-34-28)21-9-10-24(29)26(13-21)40-20(2)14-31-19-32-18-30;1-3-6-4-2-5-1/h9-10,13,15-20,23H,3-8,11-12,14H2,1-2H3,(H2,30,31,32)(H,33,34,35);5H,1-4H2/t20-;/m0./s1. The van der Waals surface area contributed by atoms with Gasteiger partial charge in [-0.1, -0.05) is 36.9 Å². The van der Waals surface area contributed by atoms with Gasteiger partial charge in [-0.25, -0.2) is 15.0 Å². The number of hydrogen-bond acceptors (Lipinski definition) is 10. The number of halogens is 1. The van der Waals surface area contributed by atoms with E-state index in [-0.39, 0.29) is 6.10 Å². The smallest absolute Gasteiger partial charge is 0.257 e. The molecule has 0 bridgehead atoms. The van der Waals surface area contributed by atoms with Gasteiger partial charge in [0.1, 0.15) is 30.5 Å². The predicted octanol–water partition coefficient (Wildman–Crippen LogP) is 5.05. The van der Waals surface area contributed by atoms with Gasteiger partial charge in [0.15, 0.2) is 0 Å². The highest BCUT2D eigenvalue weighted by Crippen LogP contribution is 2.34. The van der Waals surface area contributed by atoms with Crippen LogP contribution in [0.5, 0.6) is 11.6 Å². The SMILES string of the molecule is C1COCCN1.CCOCCOc1nn(C2CCCCC2)cc1Nc1ncc(-c2ccc(Cl)c(O[C@@H](C)CN=CN=CN)c2)cn1. The van der Waals surface area contributed by atoms with Crippen LogP contribution in [0.2, 0.25) is 5.02 Å². The van der Waals surface area contributed by atoms with E-state index in [0.717, 1.165) is 56.0 Å². The molecule has 250 valence electrons. The van der Waals surface area contributed by atoms with Gasteiger partial charge < -0.3 is 35.3 Å². The molecule has 0 spiro atoms. The quantitative estimate of drug-likeness (QED) is 0.122. The Labute approximate surface area is 276 Å². The second-order valence-electron chi connectivity index (χ2n) is 10.8. The van der Waals surface area contributed by atoms with Crippen molar-refractivity contribution in [1.82, 2.24) is 25.1 Å². The lowest BCUT2D eigenvalue weighted by atomic mass is 9.96. The molecular formula is C32H46ClN9O4. The maximum atomic E-state index is 6.38. The molecule has 0 radical (unpaired) electrons. The van der Waals surface area contributed by atoms with Gasteiger partial charge in [0.2, 0.25) is 5.95 Å². The molecule has 3 heterocycles. The summed E-state index contributed by atoms with van der Waals surface area (Å²) in [6.07, 6.45) is 13.8. The Morgan fingerprint density at radius 1 is 1.15 bits per heavy atom. The molecule has 1 saturated heterocycles. The normalized spacial score (nSPS) is 16.2. The van der Waals surface area contributed by atoms with E-state index in [1.54, 1.807) is 18.5 Å². The Balaban J connectivity index is 0.000000717. The number of nitrogens with two attached hydrogens (primary N) is 1. The summed E-state index contributed by atoms with van der Waals surface area (Å²) < 4.78 is 24.4. The number of benzene rings is 1. The van der Waals surface area contributed by atoms with Crippen molar-refractivity contribution >= 4 is 35.9 Å². The molecule has 0 amide bonds. The monoisotopic (exact) mass is 655 g/mol. The first-order valence-electron chi connectivity index (χ1n) is 15.9. The van der Waals surface area contributed by atoms with E-state index >= 15 is 0 Å². The topological polar surface area (TPSA) is 155 Å². The number of aliphatic imine (C=N–C) groups is 2. The fourth-order valence-electron chi connectivity index (χ4n) is 4.93. The highest BCUT2D eigenvalue weighted by atomic mass is 35.5. The van der Waals surface area contributed by atoms with E-state index in [1.807, 2.05) is 36.9 Å². The summed E-state index contributed by atoms with van der Waals surface area (Å²) >= 11 is 6.38. The number of rotatable bonds is 14. The molecule has 46 heavy (non-hydrogen) atoms. The second-order valence-corrected chi connectivity index (χ2v) is 11.2. The minimum absolute atomic E-state index is 0.209. The fraction of sp³-hybridized carbons (Fsp3) is 0.531.